The lowest BCUT2D eigenvalue weighted by atomic mass is 9.88. The summed E-state index contributed by atoms with van der Waals surface area (Å²) in [5.74, 6) is 0.689. The largest absolute Gasteiger partial charge is 0.396 e. The third-order valence-corrected chi connectivity index (χ3v) is 3.40. The molecule has 1 aromatic rings. The molecule has 0 heterocycles. The molecule has 2 N–H and O–H groups in total. The van der Waals surface area contributed by atoms with E-state index in [4.69, 9.17) is 5.11 Å². The van der Waals surface area contributed by atoms with Gasteiger partial charge in [-0.2, -0.15) is 0 Å². The molecule has 2 heteroatoms. The molecule has 2 nitrogen and oxygen atoms in total. The predicted octanol–water partition coefficient (Wildman–Crippen LogP) is 2.70. The van der Waals surface area contributed by atoms with Crippen LogP contribution in [0.3, 0.4) is 0 Å². The van der Waals surface area contributed by atoms with Gasteiger partial charge >= 0.3 is 0 Å². The zero-order chi connectivity index (χ0) is 12.9. The molecule has 0 radical (unpaired) electrons. The van der Waals surface area contributed by atoms with Gasteiger partial charge in [0.15, 0.2) is 0 Å². The Hall–Kier alpha value is -0.860. The number of nitrogens with one attached hydrogen (secondary N) is 1. The van der Waals surface area contributed by atoms with Crippen molar-refractivity contribution in [2.24, 2.45) is 5.92 Å². The van der Waals surface area contributed by atoms with Crippen LogP contribution in [0, 0.1) is 5.92 Å². The van der Waals surface area contributed by atoms with Crippen LogP contribution in [0.2, 0.25) is 0 Å². The van der Waals surface area contributed by atoms with Gasteiger partial charge in [0.2, 0.25) is 0 Å². The Labute approximate surface area is 105 Å². The summed E-state index contributed by atoms with van der Waals surface area (Å²) in [5, 5.41) is 12.4. The first-order valence-corrected chi connectivity index (χ1v) is 6.41. The standard InChI is InChI=1S/C15H25NO/c1-12(2)11-13-5-7-14(8-6-13)15(3,16-4)9-10-17/h5-8,12,16-17H,9-11H2,1-4H3. The van der Waals surface area contributed by atoms with Gasteiger partial charge in [0, 0.05) is 12.1 Å². The van der Waals surface area contributed by atoms with Gasteiger partial charge in [-0.3, -0.25) is 0 Å². The smallest absolute Gasteiger partial charge is 0.0451 e. The summed E-state index contributed by atoms with van der Waals surface area (Å²) in [5.41, 5.74) is 2.48. The highest BCUT2D eigenvalue weighted by atomic mass is 16.3. The molecule has 1 atom stereocenters. The second-order valence-electron chi connectivity index (χ2n) is 5.35. The van der Waals surface area contributed by atoms with Crippen molar-refractivity contribution in [1.82, 2.24) is 5.32 Å². The molecule has 0 fully saturated rings. The van der Waals surface area contributed by atoms with Crippen LogP contribution in [-0.2, 0) is 12.0 Å². The molecule has 0 aliphatic carbocycles. The zero-order valence-corrected chi connectivity index (χ0v) is 11.5. The summed E-state index contributed by atoms with van der Waals surface area (Å²) < 4.78 is 0. The monoisotopic (exact) mass is 235 g/mol. The lowest BCUT2D eigenvalue weighted by Crippen LogP contribution is -2.37. The lowest BCUT2D eigenvalue weighted by molar-refractivity contribution is 0.228. The summed E-state index contributed by atoms with van der Waals surface area (Å²) >= 11 is 0. The first-order chi connectivity index (χ1) is 8.01. The van der Waals surface area contributed by atoms with Crippen molar-refractivity contribution in [3.8, 4) is 0 Å². The molecule has 0 amide bonds. The minimum absolute atomic E-state index is 0.134. The van der Waals surface area contributed by atoms with Crippen LogP contribution in [0.4, 0.5) is 0 Å². The molecule has 96 valence electrons. The fourth-order valence-electron chi connectivity index (χ4n) is 2.12. The summed E-state index contributed by atoms with van der Waals surface area (Å²) in [7, 11) is 1.94. The minimum Gasteiger partial charge on any atom is -0.396 e. The highest BCUT2D eigenvalue weighted by Gasteiger charge is 2.23. The Balaban J connectivity index is 2.85. The van der Waals surface area contributed by atoms with Crippen LogP contribution in [0.25, 0.3) is 0 Å². The summed E-state index contributed by atoms with van der Waals surface area (Å²) in [6.45, 7) is 6.79. The zero-order valence-electron chi connectivity index (χ0n) is 11.5. The van der Waals surface area contributed by atoms with Gasteiger partial charge in [0.25, 0.3) is 0 Å². The fraction of sp³-hybridized carbons (Fsp3) is 0.600. The van der Waals surface area contributed by atoms with Crippen LogP contribution < -0.4 is 5.32 Å². The molecular formula is C15H25NO. The summed E-state index contributed by atoms with van der Waals surface area (Å²) in [6, 6.07) is 8.73. The Morgan fingerprint density at radius 2 is 1.82 bits per heavy atom. The van der Waals surface area contributed by atoms with E-state index in [0.717, 1.165) is 12.8 Å². The Morgan fingerprint density at radius 1 is 1.24 bits per heavy atom. The maximum atomic E-state index is 9.13. The van der Waals surface area contributed by atoms with Crippen LogP contribution in [0.15, 0.2) is 24.3 Å². The van der Waals surface area contributed by atoms with E-state index in [9.17, 15) is 0 Å². The molecule has 17 heavy (non-hydrogen) atoms. The first kappa shape index (κ1) is 14.2. The van der Waals surface area contributed by atoms with E-state index in [0.29, 0.717) is 5.92 Å². The number of benzene rings is 1. The summed E-state index contributed by atoms with van der Waals surface area (Å²) in [4.78, 5) is 0. The number of aliphatic hydroxyl groups is 1. The van der Waals surface area contributed by atoms with Crippen LogP contribution >= 0.6 is 0 Å². The topological polar surface area (TPSA) is 32.3 Å². The van der Waals surface area contributed by atoms with Gasteiger partial charge in [-0.1, -0.05) is 38.1 Å². The van der Waals surface area contributed by atoms with E-state index in [2.05, 4.69) is 50.4 Å². The second kappa shape index (κ2) is 6.18. The molecule has 0 aliphatic heterocycles. The van der Waals surface area contributed by atoms with Crippen molar-refractivity contribution in [2.45, 2.75) is 39.2 Å². The third-order valence-electron chi connectivity index (χ3n) is 3.40. The Kier molecular flexibility index (Phi) is 5.16. The minimum atomic E-state index is -0.134. The average molecular weight is 235 g/mol. The van der Waals surface area contributed by atoms with Gasteiger partial charge in [-0.05, 0) is 43.9 Å². The van der Waals surface area contributed by atoms with E-state index in [1.165, 1.54) is 11.1 Å². The van der Waals surface area contributed by atoms with E-state index < -0.39 is 0 Å². The summed E-state index contributed by atoms with van der Waals surface area (Å²) in [6.07, 6.45) is 1.85. The molecule has 1 aromatic carbocycles. The van der Waals surface area contributed by atoms with Gasteiger partial charge in [-0.25, -0.2) is 0 Å². The van der Waals surface area contributed by atoms with Crippen LogP contribution in [0.5, 0.6) is 0 Å². The maximum Gasteiger partial charge on any atom is 0.0451 e. The van der Waals surface area contributed by atoms with Crippen LogP contribution in [-0.4, -0.2) is 18.8 Å². The van der Waals surface area contributed by atoms with Gasteiger partial charge in [0.1, 0.15) is 0 Å². The highest BCUT2D eigenvalue weighted by Crippen LogP contribution is 2.24. The highest BCUT2D eigenvalue weighted by molar-refractivity contribution is 5.28. The molecule has 1 unspecified atom stereocenters. The fourth-order valence-corrected chi connectivity index (χ4v) is 2.12. The van der Waals surface area contributed by atoms with E-state index in [-0.39, 0.29) is 12.1 Å². The molecule has 0 aliphatic rings. The quantitative estimate of drug-likeness (QED) is 0.794. The predicted molar refractivity (Wildman–Crippen MR) is 73.1 cm³/mol. The lowest BCUT2D eigenvalue weighted by Gasteiger charge is -2.29. The SMILES string of the molecule is CNC(C)(CCO)c1ccc(CC(C)C)cc1. The molecule has 0 spiro atoms. The number of aliphatic hydroxyl groups excluding tert-OH is 1. The van der Waals surface area contributed by atoms with Gasteiger partial charge < -0.3 is 10.4 Å². The number of hydrogen-bond acceptors (Lipinski definition) is 2. The second-order valence-corrected chi connectivity index (χ2v) is 5.35. The van der Waals surface area contributed by atoms with Crippen molar-refractivity contribution in [1.29, 1.82) is 0 Å². The van der Waals surface area contributed by atoms with Gasteiger partial charge in [-0.15, -0.1) is 0 Å². The van der Waals surface area contributed by atoms with E-state index >= 15 is 0 Å². The molecule has 1 rings (SSSR count). The van der Waals surface area contributed by atoms with Gasteiger partial charge in [0.05, 0.1) is 0 Å². The van der Waals surface area contributed by atoms with E-state index in [1.807, 2.05) is 7.05 Å². The van der Waals surface area contributed by atoms with Crippen molar-refractivity contribution < 1.29 is 5.11 Å². The molecule has 0 saturated carbocycles. The number of rotatable bonds is 6. The Bertz CT molecular complexity index is 331. The molecule has 0 aromatic heterocycles. The first-order valence-electron chi connectivity index (χ1n) is 6.41. The van der Waals surface area contributed by atoms with E-state index in [1.54, 1.807) is 0 Å². The molecular weight excluding hydrogens is 210 g/mol. The van der Waals surface area contributed by atoms with Crippen molar-refractivity contribution >= 4 is 0 Å². The van der Waals surface area contributed by atoms with Crippen LogP contribution in [0.1, 0.15) is 38.3 Å². The molecule has 0 bridgehead atoms. The molecule has 0 saturated heterocycles. The normalized spacial score (nSPS) is 14.9. The third kappa shape index (κ3) is 3.83. The van der Waals surface area contributed by atoms with Crippen molar-refractivity contribution in [3.05, 3.63) is 35.4 Å². The number of hydrogen-bond donors (Lipinski definition) is 2. The Morgan fingerprint density at radius 3 is 2.24 bits per heavy atom. The van der Waals surface area contributed by atoms with Crippen molar-refractivity contribution in [2.75, 3.05) is 13.7 Å². The maximum absolute atomic E-state index is 9.13. The van der Waals surface area contributed by atoms with Crippen molar-refractivity contribution in [3.63, 3.8) is 0 Å². The average Bonchev–Trinajstić information content (AvgIpc) is 2.29.